The van der Waals surface area contributed by atoms with E-state index >= 15 is 0 Å². The molecule has 4 aromatic rings. The summed E-state index contributed by atoms with van der Waals surface area (Å²) in [5.41, 5.74) is 1.01. The second kappa shape index (κ2) is 4.48. The van der Waals surface area contributed by atoms with Gasteiger partial charge in [-0.25, -0.2) is 4.39 Å². The smallest absolute Gasteiger partial charge is 0.266 e. The van der Waals surface area contributed by atoms with Gasteiger partial charge in [-0.05, 0) is 41.6 Å². The summed E-state index contributed by atoms with van der Waals surface area (Å²) >= 11 is 3.33. The molecule has 0 atom stereocenters. The van der Waals surface area contributed by atoms with Gasteiger partial charge in [0.25, 0.3) is 5.56 Å². The Hall–Kier alpha value is -2.54. The minimum Gasteiger partial charge on any atom is -0.339 e. The predicted molar refractivity (Wildman–Crippen MR) is 86.1 cm³/mol. The number of hydrogen-bond donors (Lipinski definition) is 1. The van der Waals surface area contributed by atoms with E-state index < -0.39 is 5.82 Å². The van der Waals surface area contributed by atoms with Gasteiger partial charge in [-0.1, -0.05) is 15.9 Å². The predicted octanol–water partition coefficient (Wildman–Crippen LogP) is 4.23. The molecule has 0 saturated heterocycles. The van der Waals surface area contributed by atoms with Crippen LogP contribution in [0.3, 0.4) is 0 Å². The Morgan fingerprint density at radius 2 is 1.95 bits per heavy atom. The number of fused-ring (bicyclic) bond motifs is 4. The standard InChI is InChI=1S/C15H7BrFN3O2/c16-7-1-3-11-9(5-7)15(21)20-12-4-2-8(17)6-10(12)13(19-22)14(20)18-11/h1-6,18H. The first-order valence-corrected chi connectivity index (χ1v) is 7.18. The first kappa shape index (κ1) is 13.1. The van der Waals surface area contributed by atoms with Crippen molar-refractivity contribution in [2.24, 2.45) is 5.18 Å². The van der Waals surface area contributed by atoms with Crippen LogP contribution in [0.25, 0.3) is 27.5 Å². The Labute approximate surface area is 130 Å². The van der Waals surface area contributed by atoms with E-state index in [1.165, 1.54) is 22.6 Å². The molecule has 2 aromatic carbocycles. The monoisotopic (exact) mass is 359 g/mol. The minimum atomic E-state index is -0.493. The Morgan fingerprint density at radius 1 is 1.14 bits per heavy atom. The summed E-state index contributed by atoms with van der Waals surface area (Å²) in [6.07, 6.45) is 0. The van der Waals surface area contributed by atoms with Gasteiger partial charge in [0.1, 0.15) is 11.5 Å². The summed E-state index contributed by atoms with van der Waals surface area (Å²) in [5, 5.41) is 3.74. The first-order valence-electron chi connectivity index (χ1n) is 6.39. The van der Waals surface area contributed by atoms with Crippen molar-refractivity contribution in [2.45, 2.75) is 0 Å². The van der Waals surface area contributed by atoms with Crippen molar-refractivity contribution < 1.29 is 4.39 Å². The molecule has 0 saturated carbocycles. The van der Waals surface area contributed by atoms with Gasteiger partial charge >= 0.3 is 0 Å². The van der Waals surface area contributed by atoms with E-state index in [2.05, 4.69) is 26.1 Å². The molecule has 1 N–H and O–H groups in total. The summed E-state index contributed by atoms with van der Waals surface area (Å²) < 4.78 is 15.6. The molecule has 0 bridgehead atoms. The number of nitrogens with zero attached hydrogens (tertiary/aromatic N) is 2. The lowest BCUT2D eigenvalue weighted by Gasteiger charge is -2.02. The van der Waals surface area contributed by atoms with Crippen LogP contribution in [-0.2, 0) is 0 Å². The van der Waals surface area contributed by atoms with Crippen LogP contribution in [0, 0.1) is 10.7 Å². The fourth-order valence-electron chi connectivity index (χ4n) is 2.72. The summed E-state index contributed by atoms with van der Waals surface area (Å²) in [6.45, 7) is 0. The molecule has 108 valence electrons. The maximum absolute atomic E-state index is 13.5. The molecule has 0 unspecified atom stereocenters. The molecule has 4 rings (SSSR count). The lowest BCUT2D eigenvalue weighted by atomic mass is 10.2. The lowest BCUT2D eigenvalue weighted by molar-refractivity contribution is 0.629. The van der Waals surface area contributed by atoms with Gasteiger partial charge in [0.05, 0.1) is 16.4 Å². The van der Waals surface area contributed by atoms with E-state index in [1.54, 1.807) is 18.2 Å². The van der Waals surface area contributed by atoms with Gasteiger partial charge in [0, 0.05) is 9.86 Å². The van der Waals surface area contributed by atoms with Gasteiger partial charge in [0.15, 0.2) is 5.69 Å². The SMILES string of the molecule is O=Nc1c2cc(F)ccc2n2c(=O)c3cc(Br)ccc3[nH]c12. The summed E-state index contributed by atoms with van der Waals surface area (Å²) in [4.78, 5) is 27.0. The Morgan fingerprint density at radius 3 is 2.73 bits per heavy atom. The molecule has 22 heavy (non-hydrogen) atoms. The maximum Gasteiger partial charge on any atom is 0.266 e. The molecule has 0 spiro atoms. The zero-order valence-electron chi connectivity index (χ0n) is 10.9. The third-order valence-corrected chi connectivity index (χ3v) is 4.16. The second-order valence-corrected chi connectivity index (χ2v) is 5.82. The van der Waals surface area contributed by atoms with Crippen LogP contribution in [0.5, 0.6) is 0 Å². The molecular weight excluding hydrogens is 353 g/mol. The molecule has 2 aromatic heterocycles. The van der Waals surface area contributed by atoms with E-state index in [-0.39, 0.29) is 16.9 Å². The molecule has 0 radical (unpaired) electrons. The van der Waals surface area contributed by atoms with E-state index in [4.69, 9.17) is 0 Å². The number of benzene rings is 2. The molecule has 2 heterocycles. The number of aromatic amines is 1. The van der Waals surface area contributed by atoms with Gasteiger partial charge in [-0.3, -0.25) is 9.20 Å². The van der Waals surface area contributed by atoms with E-state index in [0.717, 1.165) is 4.47 Å². The molecule has 5 nitrogen and oxygen atoms in total. The Kier molecular flexibility index (Phi) is 2.67. The fraction of sp³-hybridized carbons (Fsp3) is 0. The average Bonchev–Trinajstić information content (AvgIpc) is 2.81. The topological polar surface area (TPSA) is 66.7 Å². The van der Waals surface area contributed by atoms with Gasteiger partial charge < -0.3 is 4.98 Å². The highest BCUT2D eigenvalue weighted by Gasteiger charge is 2.17. The van der Waals surface area contributed by atoms with Crippen LogP contribution in [-0.4, -0.2) is 9.38 Å². The van der Waals surface area contributed by atoms with Crippen LogP contribution >= 0.6 is 15.9 Å². The van der Waals surface area contributed by atoms with Crippen LogP contribution in [0.2, 0.25) is 0 Å². The largest absolute Gasteiger partial charge is 0.339 e. The number of hydrogen-bond acceptors (Lipinski definition) is 3. The summed E-state index contributed by atoms with van der Waals surface area (Å²) in [6, 6.07) is 9.11. The van der Waals surface area contributed by atoms with Crippen molar-refractivity contribution in [3.63, 3.8) is 0 Å². The first-order chi connectivity index (χ1) is 10.6. The lowest BCUT2D eigenvalue weighted by Crippen LogP contribution is -2.13. The van der Waals surface area contributed by atoms with Crippen molar-refractivity contribution in [2.75, 3.05) is 0 Å². The Balaban J connectivity index is 2.36. The van der Waals surface area contributed by atoms with Crippen molar-refractivity contribution in [3.05, 3.63) is 61.9 Å². The third-order valence-electron chi connectivity index (χ3n) is 3.66. The van der Waals surface area contributed by atoms with Crippen molar-refractivity contribution in [1.29, 1.82) is 0 Å². The number of H-pyrrole nitrogens is 1. The van der Waals surface area contributed by atoms with Gasteiger partial charge in [-0.2, -0.15) is 0 Å². The zero-order chi connectivity index (χ0) is 15.4. The third kappa shape index (κ3) is 1.66. The number of nitrogens with one attached hydrogen (secondary N) is 1. The highest BCUT2D eigenvalue weighted by Crippen LogP contribution is 2.33. The molecule has 0 aliphatic heterocycles. The molecule has 0 aliphatic carbocycles. The Bertz CT molecular complexity index is 1150. The van der Waals surface area contributed by atoms with Crippen molar-refractivity contribution >= 4 is 49.1 Å². The number of halogens is 2. The highest BCUT2D eigenvalue weighted by atomic mass is 79.9. The summed E-state index contributed by atoms with van der Waals surface area (Å²) in [7, 11) is 0. The van der Waals surface area contributed by atoms with E-state index in [1.807, 2.05) is 0 Å². The second-order valence-electron chi connectivity index (χ2n) is 4.91. The maximum atomic E-state index is 13.5. The molecule has 0 fully saturated rings. The van der Waals surface area contributed by atoms with Gasteiger partial charge in [-0.15, -0.1) is 4.91 Å². The van der Waals surface area contributed by atoms with Crippen molar-refractivity contribution in [3.8, 4) is 0 Å². The van der Waals surface area contributed by atoms with Crippen LogP contribution < -0.4 is 5.56 Å². The fourth-order valence-corrected chi connectivity index (χ4v) is 3.08. The molecular formula is C15H7BrFN3O2. The molecule has 0 aliphatic rings. The minimum absolute atomic E-state index is 0.0245. The van der Waals surface area contributed by atoms with Crippen molar-refractivity contribution in [1.82, 2.24) is 9.38 Å². The van der Waals surface area contributed by atoms with Crippen LogP contribution in [0.15, 0.2) is 50.8 Å². The number of nitroso groups, excluding NO2 is 1. The van der Waals surface area contributed by atoms with E-state index in [9.17, 15) is 14.1 Å². The number of rotatable bonds is 1. The molecule has 0 amide bonds. The van der Waals surface area contributed by atoms with Gasteiger partial charge in [0.2, 0.25) is 0 Å². The quantitative estimate of drug-likeness (QED) is 0.516. The summed E-state index contributed by atoms with van der Waals surface area (Å²) in [5.74, 6) is -0.493. The van der Waals surface area contributed by atoms with Crippen LogP contribution in [0.1, 0.15) is 0 Å². The zero-order valence-corrected chi connectivity index (χ0v) is 12.5. The average molecular weight is 360 g/mol. The van der Waals surface area contributed by atoms with E-state index in [0.29, 0.717) is 21.8 Å². The van der Waals surface area contributed by atoms with Crippen LogP contribution in [0.4, 0.5) is 10.1 Å². The molecule has 7 heteroatoms. The normalized spacial score (nSPS) is 11.5. The number of aromatic nitrogens is 2. The highest BCUT2D eigenvalue weighted by molar-refractivity contribution is 9.10.